The number of fused-ring (bicyclic) bond motifs is 1. The van der Waals surface area contributed by atoms with E-state index in [0.717, 1.165) is 5.56 Å². The maximum Gasteiger partial charge on any atom is 0.243 e. The van der Waals surface area contributed by atoms with Gasteiger partial charge < -0.3 is 4.90 Å². The van der Waals surface area contributed by atoms with Gasteiger partial charge in [-0.25, -0.2) is 8.42 Å². The van der Waals surface area contributed by atoms with Crippen LogP contribution in [0.25, 0.3) is 0 Å². The van der Waals surface area contributed by atoms with Gasteiger partial charge in [-0.2, -0.15) is 4.31 Å². The molecule has 0 radical (unpaired) electrons. The van der Waals surface area contributed by atoms with E-state index in [1.807, 2.05) is 13.0 Å². The van der Waals surface area contributed by atoms with Crippen molar-refractivity contribution in [2.75, 3.05) is 13.1 Å². The van der Waals surface area contributed by atoms with E-state index in [0.29, 0.717) is 24.4 Å². The molecule has 0 spiro atoms. The van der Waals surface area contributed by atoms with Crippen molar-refractivity contribution in [3.05, 3.63) is 42.5 Å². The lowest BCUT2D eigenvalue weighted by molar-refractivity contribution is -0.128. The van der Waals surface area contributed by atoms with Gasteiger partial charge in [0.25, 0.3) is 0 Å². The molecule has 0 saturated carbocycles. The smallest absolute Gasteiger partial charge is 0.243 e. The molecule has 2 heterocycles. The highest BCUT2D eigenvalue weighted by Crippen LogP contribution is 2.36. The average Bonchev–Trinajstić information content (AvgIpc) is 3.00. The zero-order valence-electron chi connectivity index (χ0n) is 12.6. The molecule has 0 aromatic heterocycles. The zero-order valence-corrected chi connectivity index (χ0v) is 13.4. The highest BCUT2D eigenvalue weighted by atomic mass is 32.2. The van der Waals surface area contributed by atoms with Crippen LogP contribution in [0.5, 0.6) is 0 Å². The van der Waals surface area contributed by atoms with Gasteiger partial charge in [0, 0.05) is 19.5 Å². The van der Waals surface area contributed by atoms with Crippen molar-refractivity contribution in [3.8, 4) is 0 Å². The van der Waals surface area contributed by atoms with Gasteiger partial charge >= 0.3 is 0 Å². The molecule has 0 bridgehead atoms. The summed E-state index contributed by atoms with van der Waals surface area (Å²) in [6.45, 7) is 6.49. The van der Waals surface area contributed by atoms with Crippen molar-refractivity contribution >= 4 is 15.9 Å². The fourth-order valence-corrected chi connectivity index (χ4v) is 5.25. The summed E-state index contributed by atoms with van der Waals surface area (Å²) < 4.78 is 27.3. The molecule has 1 aromatic rings. The molecule has 1 aromatic carbocycles. The molecule has 0 unspecified atom stereocenters. The second kappa shape index (κ2) is 5.52. The van der Waals surface area contributed by atoms with Crippen LogP contribution in [-0.4, -0.2) is 48.7 Å². The summed E-state index contributed by atoms with van der Waals surface area (Å²) >= 11 is 0. The number of sulfonamides is 1. The van der Waals surface area contributed by atoms with E-state index in [-0.39, 0.29) is 24.4 Å². The summed E-state index contributed by atoms with van der Waals surface area (Å²) in [6.07, 6.45) is 2.65. The van der Waals surface area contributed by atoms with Crippen molar-refractivity contribution in [1.82, 2.24) is 9.21 Å². The fourth-order valence-electron chi connectivity index (χ4n) is 3.48. The quantitative estimate of drug-likeness (QED) is 0.791. The first-order valence-electron chi connectivity index (χ1n) is 7.44. The molecule has 3 rings (SSSR count). The Kier molecular flexibility index (Phi) is 3.82. The Hall–Kier alpha value is -1.66. The SMILES string of the molecule is C=CCN1C(=O)C[C@H]2[C@H]1CCN2S(=O)(=O)c1cccc(C)c1. The van der Waals surface area contributed by atoms with Crippen molar-refractivity contribution in [1.29, 1.82) is 0 Å². The number of nitrogens with zero attached hydrogens (tertiary/aromatic N) is 2. The molecule has 0 aliphatic carbocycles. The Bertz CT molecular complexity index is 714. The summed E-state index contributed by atoms with van der Waals surface area (Å²) in [5.74, 6) is 0.0130. The molecule has 1 amide bonds. The zero-order chi connectivity index (χ0) is 15.9. The van der Waals surface area contributed by atoms with Gasteiger partial charge in [-0.1, -0.05) is 18.2 Å². The Morgan fingerprint density at radius 1 is 1.36 bits per heavy atom. The van der Waals surface area contributed by atoms with E-state index in [4.69, 9.17) is 0 Å². The Morgan fingerprint density at radius 3 is 2.82 bits per heavy atom. The molecule has 22 heavy (non-hydrogen) atoms. The molecule has 2 atom stereocenters. The van der Waals surface area contributed by atoms with E-state index >= 15 is 0 Å². The van der Waals surface area contributed by atoms with Gasteiger partial charge in [0.05, 0.1) is 17.0 Å². The van der Waals surface area contributed by atoms with Crippen LogP contribution < -0.4 is 0 Å². The van der Waals surface area contributed by atoms with Gasteiger partial charge in [-0.3, -0.25) is 4.79 Å². The van der Waals surface area contributed by atoms with Gasteiger partial charge in [0.2, 0.25) is 15.9 Å². The molecular formula is C16H20N2O3S. The lowest BCUT2D eigenvalue weighted by Gasteiger charge is -2.24. The summed E-state index contributed by atoms with van der Waals surface area (Å²) in [7, 11) is -3.55. The lowest BCUT2D eigenvalue weighted by atomic mass is 10.1. The van der Waals surface area contributed by atoms with Crippen LogP contribution >= 0.6 is 0 Å². The van der Waals surface area contributed by atoms with Crippen LogP contribution in [0, 0.1) is 6.92 Å². The van der Waals surface area contributed by atoms with Crippen LogP contribution in [0.15, 0.2) is 41.8 Å². The number of rotatable bonds is 4. The Morgan fingerprint density at radius 2 is 2.14 bits per heavy atom. The summed E-state index contributed by atoms with van der Waals surface area (Å²) in [4.78, 5) is 14.2. The summed E-state index contributed by atoms with van der Waals surface area (Å²) in [5, 5.41) is 0. The standard InChI is InChI=1S/C16H20N2O3S/c1-3-8-17-14-7-9-18(15(14)11-16(17)19)22(20,21)13-6-4-5-12(2)10-13/h3-6,10,14-15H,1,7-9,11H2,2H3/t14-,15+/m1/s1. The molecule has 2 saturated heterocycles. The first kappa shape index (κ1) is 15.2. The van der Waals surface area contributed by atoms with Gasteiger partial charge in [-0.15, -0.1) is 6.58 Å². The predicted molar refractivity (Wildman–Crippen MR) is 83.8 cm³/mol. The van der Waals surface area contributed by atoms with Crippen LogP contribution in [-0.2, 0) is 14.8 Å². The second-order valence-corrected chi connectivity index (χ2v) is 7.79. The number of hydrogen-bond donors (Lipinski definition) is 0. The number of benzene rings is 1. The highest BCUT2D eigenvalue weighted by molar-refractivity contribution is 7.89. The highest BCUT2D eigenvalue weighted by Gasteiger charge is 2.50. The van der Waals surface area contributed by atoms with Crippen molar-refractivity contribution < 1.29 is 13.2 Å². The van der Waals surface area contributed by atoms with E-state index < -0.39 is 10.0 Å². The van der Waals surface area contributed by atoms with Crippen LogP contribution in [0.1, 0.15) is 18.4 Å². The topological polar surface area (TPSA) is 57.7 Å². The third-order valence-electron chi connectivity index (χ3n) is 4.49. The summed E-state index contributed by atoms with van der Waals surface area (Å²) in [5.41, 5.74) is 0.910. The monoisotopic (exact) mass is 320 g/mol. The second-order valence-electron chi connectivity index (χ2n) is 5.89. The number of carbonyl (C=O) groups excluding carboxylic acids is 1. The average molecular weight is 320 g/mol. The van der Waals surface area contributed by atoms with Crippen molar-refractivity contribution in [3.63, 3.8) is 0 Å². The maximum absolute atomic E-state index is 12.9. The predicted octanol–water partition coefficient (Wildman–Crippen LogP) is 1.54. The minimum atomic E-state index is -3.55. The van der Waals surface area contributed by atoms with E-state index in [1.54, 1.807) is 29.2 Å². The number of aryl methyl sites for hydroxylation is 1. The number of carbonyl (C=O) groups is 1. The molecule has 5 nitrogen and oxygen atoms in total. The fraction of sp³-hybridized carbons (Fsp3) is 0.438. The molecule has 2 aliphatic heterocycles. The first-order chi connectivity index (χ1) is 10.4. The minimum Gasteiger partial charge on any atom is -0.334 e. The van der Waals surface area contributed by atoms with E-state index in [9.17, 15) is 13.2 Å². The third-order valence-corrected chi connectivity index (χ3v) is 6.41. The van der Waals surface area contributed by atoms with Crippen molar-refractivity contribution in [2.45, 2.75) is 36.7 Å². The van der Waals surface area contributed by atoms with E-state index in [2.05, 4.69) is 6.58 Å². The van der Waals surface area contributed by atoms with Crippen LogP contribution in [0.3, 0.4) is 0 Å². The molecule has 2 aliphatic rings. The number of likely N-dealkylation sites (tertiary alicyclic amines) is 1. The summed E-state index contributed by atoms with van der Waals surface area (Å²) in [6, 6.07) is 6.65. The van der Waals surface area contributed by atoms with Gasteiger partial charge in [-0.05, 0) is 31.0 Å². The van der Waals surface area contributed by atoms with Crippen LogP contribution in [0.2, 0.25) is 0 Å². The van der Waals surface area contributed by atoms with Gasteiger partial charge in [0.15, 0.2) is 0 Å². The van der Waals surface area contributed by atoms with Crippen molar-refractivity contribution in [2.24, 2.45) is 0 Å². The maximum atomic E-state index is 12.9. The lowest BCUT2D eigenvalue weighted by Crippen LogP contribution is -2.39. The molecule has 6 heteroatoms. The third kappa shape index (κ3) is 2.36. The molecule has 118 valence electrons. The largest absolute Gasteiger partial charge is 0.334 e. The number of hydrogen-bond acceptors (Lipinski definition) is 3. The number of amides is 1. The molecular weight excluding hydrogens is 300 g/mol. The van der Waals surface area contributed by atoms with E-state index in [1.165, 1.54) is 4.31 Å². The minimum absolute atomic E-state index is 0.0130. The normalized spacial score (nSPS) is 25.5. The Balaban J connectivity index is 1.91. The Labute approximate surface area is 131 Å². The van der Waals surface area contributed by atoms with Gasteiger partial charge in [0.1, 0.15) is 0 Å². The first-order valence-corrected chi connectivity index (χ1v) is 8.88. The molecule has 2 fully saturated rings. The van der Waals surface area contributed by atoms with Crippen LogP contribution in [0.4, 0.5) is 0 Å². The molecule has 0 N–H and O–H groups in total.